The molecule has 1 aliphatic heterocycles. The van der Waals surface area contributed by atoms with Crippen LogP contribution in [0.3, 0.4) is 0 Å². The number of aromatic hydroxyl groups is 1. The van der Waals surface area contributed by atoms with Gasteiger partial charge in [-0.3, -0.25) is 14.9 Å². The second-order valence-corrected chi connectivity index (χ2v) is 12.4. The van der Waals surface area contributed by atoms with Gasteiger partial charge in [0.25, 0.3) is 0 Å². The molecule has 0 unspecified atom stereocenters. The number of carbonyl (C=O) groups is 1. The fourth-order valence-corrected chi connectivity index (χ4v) is 4.33. The Hall–Kier alpha value is -2.65. The molecule has 2 aromatic rings. The van der Waals surface area contributed by atoms with E-state index >= 15 is 0 Å². The summed E-state index contributed by atoms with van der Waals surface area (Å²) in [7, 11) is -3.49. The second kappa shape index (κ2) is 9.19. The molecule has 2 heterocycles. The molecule has 0 radical (unpaired) electrons. The van der Waals surface area contributed by atoms with E-state index in [0.717, 1.165) is 11.8 Å². The van der Waals surface area contributed by atoms with Gasteiger partial charge in [-0.25, -0.2) is 13.4 Å². The van der Waals surface area contributed by atoms with Crippen molar-refractivity contribution in [3.63, 3.8) is 0 Å². The number of phenolic OH excluding ortho intramolecular Hbond substituents is 1. The first-order valence-corrected chi connectivity index (χ1v) is 12.6. The van der Waals surface area contributed by atoms with Crippen LogP contribution in [0.2, 0.25) is 0 Å². The zero-order chi connectivity index (χ0) is 24.9. The number of benzene rings is 1. The van der Waals surface area contributed by atoms with Gasteiger partial charge in [0, 0.05) is 28.8 Å². The van der Waals surface area contributed by atoms with Gasteiger partial charge in [-0.15, -0.1) is 12.4 Å². The minimum atomic E-state index is -3.49. The van der Waals surface area contributed by atoms with Crippen molar-refractivity contribution >= 4 is 39.9 Å². The van der Waals surface area contributed by atoms with Crippen LogP contribution in [0.25, 0.3) is 0 Å². The highest BCUT2D eigenvalue weighted by atomic mass is 35.5. The molecule has 0 aliphatic carbocycles. The molecule has 1 aromatic carbocycles. The van der Waals surface area contributed by atoms with Crippen LogP contribution in [0.4, 0.5) is 5.82 Å². The predicted octanol–water partition coefficient (Wildman–Crippen LogP) is 4.20. The van der Waals surface area contributed by atoms with Crippen molar-refractivity contribution in [3.8, 4) is 5.75 Å². The van der Waals surface area contributed by atoms with Crippen molar-refractivity contribution in [2.75, 3.05) is 17.5 Å². The Morgan fingerprint density at radius 1 is 1.12 bits per heavy atom. The van der Waals surface area contributed by atoms with E-state index in [1.807, 2.05) is 41.5 Å². The normalized spacial score (nSPS) is 14.0. The molecule has 10 heteroatoms. The van der Waals surface area contributed by atoms with Crippen molar-refractivity contribution in [2.24, 2.45) is 0 Å². The van der Waals surface area contributed by atoms with Crippen molar-refractivity contribution in [1.29, 1.82) is 5.41 Å². The number of sulfonamides is 1. The summed E-state index contributed by atoms with van der Waals surface area (Å²) in [6.45, 7) is 12.2. The van der Waals surface area contributed by atoms with E-state index in [1.54, 1.807) is 29.2 Å². The van der Waals surface area contributed by atoms with E-state index in [9.17, 15) is 18.3 Å². The summed E-state index contributed by atoms with van der Waals surface area (Å²) in [5.41, 5.74) is 2.29. The van der Waals surface area contributed by atoms with Crippen LogP contribution in [0.5, 0.6) is 5.75 Å². The summed E-state index contributed by atoms with van der Waals surface area (Å²) in [6, 6.07) is 6.74. The van der Waals surface area contributed by atoms with Gasteiger partial charge in [0.1, 0.15) is 23.1 Å². The summed E-state index contributed by atoms with van der Waals surface area (Å²) in [6.07, 6.45) is 1.04. The lowest BCUT2D eigenvalue weighted by atomic mass is 9.78. The SMILES string of the molecule is CC(C)(C)c1cc(C(=O)CN2Cc3ccc(NS(C)(=O)=O)nc3C2=N)cc(C(C)(C)C)c1O.Cl. The maximum absolute atomic E-state index is 13.3. The van der Waals surface area contributed by atoms with E-state index < -0.39 is 10.0 Å². The summed E-state index contributed by atoms with van der Waals surface area (Å²) < 4.78 is 25.3. The van der Waals surface area contributed by atoms with Gasteiger partial charge in [-0.05, 0) is 29.0 Å². The Labute approximate surface area is 207 Å². The molecular weight excluding hydrogens is 476 g/mol. The van der Waals surface area contributed by atoms with Gasteiger partial charge in [0.15, 0.2) is 5.78 Å². The third kappa shape index (κ3) is 5.88. The molecular formula is C24H33ClN4O4S. The molecule has 0 spiro atoms. The van der Waals surface area contributed by atoms with Gasteiger partial charge < -0.3 is 10.0 Å². The minimum absolute atomic E-state index is 0. The molecule has 0 fully saturated rings. The predicted molar refractivity (Wildman–Crippen MR) is 137 cm³/mol. The number of Topliss-reactive ketones (excluding diaryl/α,β-unsaturated/α-hetero) is 1. The van der Waals surface area contributed by atoms with E-state index in [4.69, 9.17) is 5.41 Å². The number of anilines is 1. The average Bonchev–Trinajstić information content (AvgIpc) is 2.94. The number of amidine groups is 1. The Bertz CT molecular complexity index is 1210. The summed E-state index contributed by atoms with van der Waals surface area (Å²) in [5, 5.41) is 19.4. The Kier molecular flexibility index (Phi) is 7.45. The van der Waals surface area contributed by atoms with Gasteiger partial charge in [-0.1, -0.05) is 47.6 Å². The number of nitrogens with zero attached hydrogens (tertiary/aromatic N) is 2. The average molecular weight is 509 g/mol. The topological polar surface area (TPSA) is 123 Å². The summed E-state index contributed by atoms with van der Waals surface area (Å²) >= 11 is 0. The Morgan fingerprint density at radius 2 is 1.65 bits per heavy atom. The minimum Gasteiger partial charge on any atom is -0.507 e. The van der Waals surface area contributed by atoms with Gasteiger partial charge in [0.05, 0.1) is 12.8 Å². The fraction of sp³-hybridized carbons (Fsp3) is 0.458. The lowest BCUT2D eigenvalue weighted by Crippen LogP contribution is -2.31. The molecule has 8 nitrogen and oxygen atoms in total. The summed E-state index contributed by atoms with van der Waals surface area (Å²) in [5.74, 6) is 0.250. The number of phenols is 1. The number of ketones is 1. The third-order valence-electron chi connectivity index (χ3n) is 5.55. The monoisotopic (exact) mass is 508 g/mol. The highest BCUT2D eigenvalue weighted by molar-refractivity contribution is 7.92. The van der Waals surface area contributed by atoms with Crippen molar-refractivity contribution < 1.29 is 18.3 Å². The van der Waals surface area contributed by atoms with Crippen LogP contribution in [0.1, 0.15) is 74.3 Å². The van der Waals surface area contributed by atoms with Crippen LogP contribution >= 0.6 is 12.4 Å². The van der Waals surface area contributed by atoms with E-state index in [1.165, 1.54) is 0 Å². The number of hydrogen-bond acceptors (Lipinski definition) is 6. The van der Waals surface area contributed by atoms with Gasteiger partial charge in [0.2, 0.25) is 10.0 Å². The third-order valence-corrected chi connectivity index (χ3v) is 6.13. The number of fused-ring (bicyclic) bond motifs is 1. The second-order valence-electron chi connectivity index (χ2n) is 10.6. The lowest BCUT2D eigenvalue weighted by molar-refractivity contribution is 0.0962. The number of carbonyl (C=O) groups excluding carboxylic acids is 1. The highest BCUT2D eigenvalue weighted by Crippen LogP contribution is 2.40. The number of aromatic nitrogens is 1. The van der Waals surface area contributed by atoms with Crippen LogP contribution in [-0.4, -0.2) is 47.8 Å². The molecule has 3 rings (SSSR count). The van der Waals surface area contributed by atoms with Crippen LogP contribution in [0.15, 0.2) is 24.3 Å². The molecule has 1 aliphatic rings. The smallest absolute Gasteiger partial charge is 0.230 e. The number of pyridine rings is 1. The number of halogens is 1. The summed E-state index contributed by atoms with van der Waals surface area (Å²) in [4.78, 5) is 19.2. The number of hydrogen-bond donors (Lipinski definition) is 3. The number of nitrogens with one attached hydrogen (secondary N) is 2. The Balaban J connectivity index is 0.00000408. The molecule has 34 heavy (non-hydrogen) atoms. The van der Waals surface area contributed by atoms with Crippen LogP contribution in [-0.2, 0) is 27.4 Å². The Morgan fingerprint density at radius 3 is 2.12 bits per heavy atom. The first-order valence-electron chi connectivity index (χ1n) is 10.7. The molecule has 0 bridgehead atoms. The molecule has 0 saturated heterocycles. The standard InChI is InChI=1S/C24H32N4O4S.ClH/c1-23(2,3)16-10-15(11-17(21(16)30)24(4,5)6)18(29)13-28-12-14-8-9-19(27-33(7,31)32)26-20(14)22(28)25;/h8-11,25,30H,12-13H2,1-7H3,(H,26,27);1H. The molecule has 3 N–H and O–H groups in total. The van der Waals surface area contributed by atoms with Gasteiger partial charge in [-0.2, -0.15) is 0 Å². The van der Waals surface area contributed by atoms with Crippen molar-refractivity contribution in [2.45, 2.75) is 58.9 Å². The first kappa shape index (κ1) is 27.6. The maximum Gasteiger partial charge on any atom is 0.230 e. The molecule has 1 aromatic heterocycles. The first-order chi connectivity index (χ1) is 15.0. The largest absolute Gasteiger partial charge is 0.507 e. The van der Waals surface area contributed by atoms with Crippen molar-refractivity contribution in [3.05, 3.63) is 52.2 Å². The number of rotatable bonds is 5. The zero-order valence-corrected chi connectivity index (χ0v) is 22.2. The molecule has 0 amide bonds. The van der Waals surface area contributed by atoms with E-state index in [2.05, 4.69) is 9.71 Å². The highest BCUT2D eigenvalue weighted by Gasteiger charge is 2.31. The zero-order valence-electron chi connectivity index (χ0n) is 20.6. The quantitative estimate of drug-likeness (QED) is 0.520. The van der Waals surface area contributed by atoms with Crippen molar-refractivity contribution in [1.82, 2.24) is 9.88 Å². The van der Waals surface area contributed by atoms with E-state index in [0.29, 0.717) is 28.9 Å². The molecule has 186 valence electrons. The van der Waals surface area contributed by atoms with Gasteiger partial charge >= 0.3 is 0 Å². The molecule has 0 saturated carbocycles. The fourth-order valence-electron chi connectivity index (χ4n) is 3.84. The maximum atomic E-state index is 13.3. The van der Waals surface area contributed by atoms with Crippen LogP contribution in [0, 0.1) is 5.41 Å². The lowest BCUT2D eigenvalue weighted by Gasteiger charge is -2.28. The van der Waals surface area contributed by atoms with Crippen LogP contribution < -0.4 is 4.72 Å². The van der Waals surface area contributed by atoms with E-state index in [-0.39, 0.29) is 53.0 Å². The molecule has 0 atom stereocenters.